The van der Waals surface area contributed by atoms with Crippen LogP contribution in [0.4, 0.5) is 11.4 Å². The first-order chi connectivity index (χ1) is 12.6. The van der Waals surface area contributed by atoms with Crippen molar-refractivity contribution in [3.8, 4) is 6.07 Å². The van der Waals surface area contributed by atoms with E-state index in [1.165, 1.54) is 16.8 Å². The molecule has 134 valence electrons. The van der Waals surface area contributed by atoms with Crippen LogP contribution in [0.25, 0.3) is 0 Å². The topological polar surface area (TPSA) is 59.4 Å². The van der Waals surface area contributed by atoms with E-state index in [4.69, 9.17) is 5.26 Å². The summed E-state index contributed by atoms with van der Waals surface area (Å²) in [6.45, 7) is 8.29. The molecule has 0 atom stereocenters. The molecule has 1 heterocycles. The van der Waals surface area contributed by atoms with Crippen molar-refractivity contribution in [3.05, 3.63) is 59.2 Å². The Labute approximate surface area is 154 Å². The number of nitrogens with one attached hydrogen (secondary N) is 1. The third-order valence-electron chi connectivity index (χ3n) is 4.95. The van der Waals surface area contributed by atoms with Crippen LogP contribution in [0.2, 0.25) is 0 Å². The monoisotopic (exact) mass is 348 g/mol. The molecule has 1 fully saturated rings. The van der Waals surface area contributed by atoms with Crippen LogP contribution in [0.3, 0.4) is 0 Å². The number of piperazine rings is 1. The maximum atomic E-state index is 12.3. The number of nitriles is 1. The summed E-state index contributed by atoms with van der Waals surface area (Å²) >= 11 is 0. The standard InChI is InChI=1S/C21H24N4O/c1-16-4-3-5-20(17(16)2)25-12-10-24(11-13-25)15-21(26)23-19-8-6-18(14-22)7-9-19/h3-9H,10-13,15H2,1-2H3,(H,23,26). The van der Waals surface area contributed by atoms with Gasteiger partial charge in [-0.05, 0) is 55.3 Å². The number of anilines is 2. The molecule has 5 nitrogen and oxygen atoms in total. The highest BCUT2D eigenvalue weighted by molar-refractivity contribution is 5.92. The van der Waals surface area contributed by atoms with Gasteiger partial charge in [-0.1, -0.05) is 12.1 Å². The lowest BCUT2D eigenvalue weighted by Crippen LogP contribution is -2.48. The third kappa shape index (κ3) is 4.22. The first-order valence-electron chi connectivity index (χ1n) is 8.90. The third-order valence-corrected chi connectivity index (χ3v) is 4.95. The summed E-state index contributed by atoms with van der Waals surface area (Å²) in [6.07, 6.45) is 0. The molecule has 0 aliphatic carbocycles. The predicted molar refractivity (Wildman–Crippen MR) is 104 cm³/mol. The highest BCUT2D eigenvalue weighted by atomic mass is 16.2. The number of hydrogen-bond acceptors (Lipinski definition) is 4. The fourth-order valence-corrected chi connectivity index (χ4v) is 3.26. The first-order valence-corrected chi connectivity index (χ1v) is 8.90. The summed E-state index contributed by atoms with van der Waals surface area (Å²) in [6, 6.07) is 15.4. The van der Waals surface area contributed by atoms with Crippen molar-refractivity contribution in [3.63, 3.8) is 0 Å². The van der Waals surface area contributed by atoms with Crippen molar-refractivity contribution in [2.45, 2.75) is 13.8 Å². The van der Waals surface area contributed by atoms with Crippen LogP contribution in [-0.4, -0.2) is 43.5 Å². The van der Waals surface area contributed by atoms with Gasteiger partial charge in [0.05, 0.1) is 18.2 Å². The Balaban J connectivity index is 1.51. The van der Waals surface area contributed by atoms with Gasteiger partial charge in [-0.3, -0.25) is 9.69 Å². The van der Waals surface area contributed by atoms with Crippen LogP contribution in [0.5, 0.6) is 0 Å². The van der Waals surface area contributed by atoms with Crippen LogP contribution >= 0.6 is 0 Å². The lowest BCUT2D eigenvalue weighted by atomic mass is 10.1. The van der Waals surface area contributed by atoms with E-state index in [2.05, 4.69) is 53.2 Å². The predicted octanol–water partition coefficient (Wildman–Crippen LogP) is 2.94. The van der Waals surface area contributed by atoms with E-state index in [9.17, 15) is 4.79 Å². The molecule has 3 rings (SSSR count). The van der Waals surface area contributed by atoms with E-state index in [1.807, 2.05) is 0 Å². The van der Waals surface area contributed by atoms with E-state index in [1.54, 1.807) is 24.3 Å². The Morgan fingerprint density at radius 3 is 2.42 bits per heavy atom. The van der Waals surface area contributed by atoms with Crippen molar-refractivity contribution in [2.24, 2.45) is 0 Å². The lowest BCUT2D eigenvalue weighted by Gasteiger charge is -2.36. The zero-order valence-electron chi connectivity index (χ0n) is 15.3. The van der Waals surface area contributed by atoms with Crippen molar-refractivity contribution in [1.29, 1.82) is 5.26 Å². The normalized spacial score (nSPS) is 14.7. The minimum atomic E-state index is -0.0186. The van der Waals surface area contributed by atoms with Crippen LogP contribution in [-0.2, 0) is 4.79 Å². The smallest absolute Gasteiger partial charge is 0.238 e. The Morgan fingerprint density at radius 2 is 1.77 bits per heavy atom. The van der Waals surface area contributed by atoms with Crippen molar-refractivity contribution in [1.82, 2.24) is 4.90 Å². The van der Waals surface area contributed by atoms with E-state index >= 15 is 0 Å². The molecule has 0 unspecified atom stereocenters. The summed E-state index contributed by atoms with van der Waals surface area (Å²) in [7, 11) is 0. The second-order valence-corrected chi connectivity index (χ2v) is 6.72. The van der Waals surface area contributed by atoms with Gasteiger partial charge in [0.15, 0.2) is 0 Å². The van der Waals surface area contributed by atoms with Gasteiger partial charge in [-0.25, -0.2) is 0 Å². The van der Waals surface area contributed by atoms with Gasteiger partial charge in [0.2, 0.25) is 5.91 Å². The molecule has 26 heavy (non-hydrogen) atoms. The fourth-order valence-electron chi connectivity index (χ4n) is 3.26. The van der Waals surface area contributed by atoms with Crippen molar-refractivity contribution < 1.29 is 4.79 Å². The summed E-state index contributed by atoms with van der Waals surface area (Å²) < 4.78 is 0. The molecule has 1 amide bonds. The highest BCUT2D eigenvalue weighted by Crippen LogP contribution is 2.23. The summed E-state index contributed by atoms with van der Waals surface area (Å²) in [5, 5.41) is 11.7. The number of carbonyl (C=O) groups is 1. The van der Waals surface area contributed by atoms with Crippen molar-refractivity contribution in [2.75, 3.05) is 42.9 Å². The van der Waals surface area contributed by atoms with Gasteiger partial charge in [-0.2, -0.15) is 5.26 Å². The minimum absolute atomic E-state index is 0.0186. The van der Waals surface area contributed by atoms with E-state index in [-0.39, 0.29) is 5.91 Å². The number of benzene rings is 2. The van der Waals surface area contributed by atoms with Crippen molar-refractivity contribution >= 4 is 17.3 Å². The number of carbonyl (C=O) groups excluding carboxylic acids is 1. The number of amides is 1. The average Bonchev–Trinajstić information content (AvgIpc) is 2.65. The summed E-state index contributed by atoms with van der Waals surface area (Å²) in [4.78, 5) is 16.8. The zero-order valence-corrected chi connectivity index (χ0v) is 15.3. The summed E-state index contributed by atoms with van der Waals surface area (Å²) in [5.41, 5.74) is 5.26. The fraction of sp³-hybridized carbons (Fsp3) is 0.333. The van der Waals surface area contributed by atoms with Crippen LogP contribution < -0.4 is 10.2 Å². The van der Waals surface area contributed by atoms with Crippen LogP contribution in [0, 0.1) is 25.2 Å². The quantitative estimate of drug-likeness (QED) is 0.923. The molecular weight excluding hydrogens is 324 g/mol. The van der Waals surface area contributed by atoms with Crippen LogP contribution in [0.1, 0.15) is 16.7 Å². The van der Waals surface area contributed by atoms with Gasteiger partial charge in [0, 0.05) is 37.6 Å². The maximum Gasteiger partial charge on any atom is 0.238 e. The SMILES string of the molecule is Cc1cccc(N2CCN(CC(=O)Nc3ccc(C#N)cc3)CC2)c1C. The van der Waals surface area contributed by atoms with Gasteiger partial charge >= 0.3 is 0 Å². The number of aryl methyl sites for hydroxylation is 1. The van der Waals surface area contributed by atoms with Gasteiger partial charge in [0.25, 0.3) is 0 Å². The minimum Gasteiger partial charge on any atom is -0.369 e. The maximum absolute atomic E-state index is 12.3. The van der Waals surface area contributed by atoms with Crippen LogP contribution in [0.15, 0.2) is 42.5 Å². The molecule has 0 aromatic heterocycles. The highest BCUT2D eigenvalue weighted by Gasteiger charge is 2.20. The first kappa shape index (κ1) is 18.0. The Bertz CT molecular complexity index is 815. The number of rotatable bonds is 4. The molecule has 0 radical (unpaired) electrons. The Kier molecular flexibility index (Phi) is 5.55. The molecular formula is C21H24N4O. The molecule has 1 aliphatic rings. The molecule has 1 aliphatic heterocycles. The van der Waals surface area contributed by atoms with Gasteiger partial charge in [-0.15, -0.1) is 0 Å². The second kappa shape index (κ2) is 8.03. The molecule has 5 heteroatoms. The Hall–Kier alpha value is -2.84. The average molecular weight is 348 g/mol. The molecule has 2 aromatic rings. The van der Waals surface area contributed by atoms with E-state index < -0.39 is 0 Å². The van der Waals surface area contributed by atoms with Gasteiger partial charge in [0.1, 0.15) is 0 Å². The van der Waals surface area contributed by atoms with E-state index in [0.717, 1.165) is 31.9 Å². The molecule has 2 aromatic carbocycles. The molecule has 0 saturated carbocycles. The summed E-state index contributed by atoms with van der Waals surface area (Å²) in [5.74, 6) is -0.0186. The molecule has 0 bridgehead atoms. The molecule has 0 spiro atoms. The molecule has 1 N–H and O–H groups in total. The number of hydrogen-bond donors (Lipinski definition) is 1. The Morgan fingerprint density at radius 1 is 1.08 bits per heavy atom. The second-order valence-electron chi connectivity index (χ2n) is 6.72. The largest absolute Gasteiger partial charge is 0.369 e. The zero-order chi connectivity index (χ0) is 18.5. The van der Waals surface area contributed by atoms with E-state index in [0.29, 0.717) is 12.1 Å². The van der Waals surface area contributed by atoms with Gasteiger partial charge < -0.3 is 10.2 Å². The number of nitrogens with zero attached hydrogens (tertiary/aromatic N) is 3. The lowest BCUT2D eigenvalue weighted by molar-refractivity contribution is -0.117. The molecule has 1 saturated heterocycles.